The van der Waals surface area contributed by atoms with E-state index in [-0.39, 0.29) is 11.5 Å². The average Bonchev–Trinajstić information content (AvgIpc) is 3.06. The Morgan fingerprint density at radius 1 is 1.29 bits per heavy atom. The van der Waals surface area contributed by atoms with Crippen molar-refractivity contribution in [3.63, 3.8) is 0 Å². The molecule has 98 valence electrons. The molecule has 1 N–H and O–H groups in total. The van der Waals surface area contributed by atoms with E-state index in [1.165, 1.54) is 19.3 Å². The van der Waals surface area contributed by atoms with Crippen molar-refractivity contribution < 1.29 is 9.53 Å². The summed E-state index contributed by atoms with van der Waals surface area (Å²) < 4.78 is 5.27. The average molecular weight is 239 g/mol. The van der Waals surface area contributed by atoms with Crippen LogP contribution in [0.2, 0.25) is 0 Å². The summed E-state index contributed by atoms with van der Waals surface area (Å²) in [7, 11) is 0. The van der Waals surface area contributed by atoms with Gasteiger partial charge in [-0.25, -0.2) is 0 Å². The van der Waals surface area contributed by atoms with Crippen molar-refractivity contribution >= 4 is 5.97 Å². The lowest BCUT2D eigenvalue weighted by Crippen LogP contribution is -2.51. The predicted octanol–water partition coefficient (Wildman–Crippen LogP) is 2.50. The molecule has 2 aliphatic carbocycles. The molecule has 2 rings (SSSR count). The first-order valence-corrected chi connectivity index (χ1v) is 7.12. The highest BCUT2D eigenvalue weighted by atomic mass is 16.5. The summed E-state index contributed by atoms with van der Waals surface area (Å²) in [5.74, 6) is 1.48. The van der Waals surface area contributed by atoms with E-state index < -0.39 is 0 Å². The van der Waals surface area contributed by atoms with Gasteiger partial charge in [-0.05, 0) is 57.4 Å². The first kappa shape index (κ1) is 12.9. The maximum absolute atomic E-state index is 12.2. The van der Waals surface area contributed by atoms with Crippen LogP contribution in [0.4, 0.5) is 0 Å². The maximum Gasteiger partial charge on any atom is 0.326 e. The molecule has 2 saturated carbocycles. The second-order valence-corrected chi connectivity index (χ2v) is 5.64. The molecule has 0 spiro atoms. The van der Waals surface area contributed by atoms with Crippen molar-refractivity contribution in [1.82, 2.24) is 5.32 Å². The predicted molar refractivity (Wildman–Crippen MR) is 67.7 cm³/mol. The number of carbonyl (C=O) groups is 1. The summed E-state index contributed by atoms with van der Waals surface area (Å²) >= 11 is 0. The van der Waals surface area contributed by atoms with Crippen molar-refractivity contribution in [2.45, 2.75) is 57.9 Å². The van der Waals surface area contributed by atoms with Crippen molar-refractivity contribution in [2.75, 3.05) is 13.2 Å². The van der Waals surface area contributed by atoms with E-state index in [4.69, 9.17) is 4.74 Å². The minimum absolute atomic E-state index is 0.0170. The molecule has 0 radical (unpaired) electrons. The van der Waals surface area contributed by atoms with Crippen LogP contribution in [0.15, 0.2) is 0 Å². The van der Waals surface area contributed by atoms with Gasteiger partial charge in [0.15, 0.2) is 0 Å². The minimum atomic E-state index is -0.362. The molecule has 17 heavy (non-hydrogen) atoms. The number of nitrogens with one attached hydrogen (secondary N) is 1. The molecule has 2 unspecified atom stereocenters. The molecule has 3 heteroatoms. The van der Waals surface area contributed by atoms with Gasteiger partial charge >= 0.3 is 5.97 Å². The summed E-state index contributed by atoms with van der Waals surface area (Å²) in [6, 6.07) is 0. The number of hydrogen-bond donors (Lipinski definition) is 1. The molecule has 0 aromatic heterocycles. The van der Waals surface area contributed by atoms with Crippen molar-refractivity contribution in [3.05, 3.63) is 0 Å². The van der Waals surface area contributed by atoms with Gasteiger partial charge in [0.1, 0.15) is 5.54 Å². The summed E-state index contributed by atoms with van der Waals surface area (Å²) in [5.41, 5.74) is -0.362. The van der Waals surface area contributed by atoms with Crippen LogP contribution in [-0.4, -0.2) is 24.7 Å². The molecule has 2 aliphatic rings. The Labute approximate surface area is 104 Å². The van der Waals surface area contributed by atoms with Gasteiger partial charge in [-0.2, -0.15) is 0 Å². The van der Waals surface area contributed by atoms with Crippen LogP contribution in [0, 0.1) is 11.8 Å². The van der Waals surface area contributed by atoms with Gasteiger partial charge in [0, 0.05) is 0 Å². The first-order valence-electron chi connectivity index (χ1n) is 7.12. The molecule has 0 amide bonds. The summed E-state index contributed by atoms with van der Waals surface area (Å²) in [6.07, 6.45) is 6.90. The summed E-state index contributed by atoms with van der Waals surface area (Å²) in [6.45, 7) is 5.59. The van der Waals surface area contributed by atoms with Crippen LogP contribution in [0.5, 0.6) is 0 Å². The quantitative estimate of drug-likeness (QED) is 0.724. The van der Waals surface area contributed by atoms with Crippen LogP contribution in [0.3, 0.4) is 0 Å². The fraction of sp³-hybridized carbons (Fsp3) is 0.929. The van der Waals surface area contributed by atoms with Gasteiger partial charge in [-0.15, -0.1) is 0 Å². The zero-order chi connectivity index (χ0) is 12.3. The number of ether oxygens (including phenoxy) is 1. The fourth-order valence-electron chi connectivity index (χ4n) is 2.84. The molecule has 2 fully saturated rings. The third-order valence-electron chi connectivity index (χ3n) is 4.29. The second-order valence-electron chi connectivity index (χ2n) is 5.64. The van der Waals surface area contributed by atoms with Crippen molar-refractivity contribution in [2.24, 2.45) is 11.8 Å². The van der Waals surface area contributed by atoms with Gasteiger partial charge in [-0.1, -0.05) is 13.3 Å². The Morgan fingerprint density at radius 3 is 2.59 bits per heavy atom. The highest BCUT2D eigenvalue weighted by Gasteiger charge is 2.46. The van der Waals surface area contributed by atoms with Gasteiger partial charge in [-0.3, -0.25) is 4.79 Å². The Balaban J connectivity index is 1.97. The topological polar surface area (TPSA) is 38.3 Å². The largest absolute Gasteiger partial charge is 0.465 e. The lowest BCUT2D eigenvalue weighted by atomic mass is 9.94. The Hall–Kier alpha value is -0.570. The molecule has 0 aromatic rings. The monoisotopic (exact) mass is 239 g/mol. The molecular weight excluding hydrogens is 214 g/mol. The molecule has 0 heterocycles. The van der Waals surface area contributed by atoms with Crippen LogP contribution in [0.1, 0.15) is 52.4 Å². The van der Waals surface area contributed by atoms with E-state index in [1.54, 1.807) is 0 Å². The van der Waals surface area contributed by atoms with Crippen molar-refractivity contribution in [3.8, 4) is 0 Å². The van der Waals surface area contributed by atoms with E-state index in [2.05, 4.69) is 12.2 Å². The third-order valence-corrected chi connectivity index (χ3v) is 4.29. The zero-order valence-corrected chi connectivity index (χ0v) is 11.1. The zero-order valence-electron chi connectivity index (χ0n) is 11.1. The molecule has 0 bridgehead atoms. The van der Waals surface area contributed by atoms with E-state index >= 15 is 0 Å². The minimum Gasteiger partial charge on any atom is -0.465 e. The van der Waals surface area contributed by atoms with Gasteiger partial charge in [0.25, 0.3) is 0 Å². The van der Waals surface area contributed by atoms with Gasteiger partial charge < -0.3 is 10.1 Å². The number of esters is 1. The molecular formula is C14H25NO2. The number of carbonyl (C=O) groups excluding carboxylic acids is 1. The van der Waals surface area contributed by atoms with Gasteiger partial charge in [0.05, 0.1) is 6.61 Å². The van der Waals surface area contributed by atoms with Crippen LogP contribution in [-0.2, 0) is 9.53 Å². The molecule has 0 aromatic carbocycles. The molecule has 0 aliphatic heterocycles. The van der Waals surface area contributed by atoms with Crippen LogP contribution in [0.25, 0.3) is 0 Å². The van der Waals surface area contributed by atoms with Gasteiger partial charge in [0.2, 0.25) is 0 Å². The van der Waals surface area contributed by atoms with Crippen LogP contribution >= 0.6 is 0 Å². The third kappa shape index (κ3) is 3.01. The maximum atomic E-state index is 12.2. The standard InChI is InChI=1S/C14H25NO2/c1-3-11-7-8-14(9-11,13(16)17-4-2)15-10-12-5-6-12/h11-12,15H,3-10H2,1-2H3. The summed E-state index contributed by atoms with van der Waals surface area (Å²) in [4.78, 5) is 12.2. The highest BCUT2D eigenvalue weighted by Crippen LogP contribution is 2.38. The second kappa shape index (κ2) is 5.38. The number of hydrogen-bond acceptors (Lipinski definition) is 3. The Bertz CT molecular complexity index is 275. The Morgan fingerprint density at radius 2 is 2.06 bits per heavy atom. The van der Waals surface area contributed by atoms with E-state index in [9.17, 15) is 4.79 Å². The van der Waals surface area contributed by atoms with Crippen molar-refractivity contribution in [1.29, 1.82) is 0 Å². The van der Waals surface area contributed by atoms with Crippen LogP contribution < -0.4 is 5.32 Å². The first-order chi connectivity index (χ1) is 8.20. The Kier molecular flexibility index (Phi) is 4.08. The smallest absolute Gasteiger partial charge is 0.326 e. The molecule has 2 atom stereocenters. The molecule has 0 saturated heterocycles. The lowest BCUT2D eigenvalue weighted by Gasteiger charge is -2.28. The number of rotatable bonds is 6. The SMILES string of the molecule is CCOC(=O)C1(NCC2CC2)CCC(CC)C1. The normalized spacial score (nSPS) is 32.7. The summed E-state index contributed by atoms with van der Waals surface area (Å²) in [5, 5.41) is 3.53. The molecule has 3 nitrogen and oxygen atoms in total. The lowest BCUT2D eigenvalue weighted by molar-refractivity contribution is -0.151. The van der Waals surface area contributed by atoms with E-state index in [0.717, 1.165) is 31.7 Å². The van der Waals surface area contributed by atoms with E-state index in [1.807, 2.05) is 6.92 Å². The van der Waals surface area contributed by atoms with E-state index in [0.29, 0.717) is 12.5 Å². The highest BCUT2D eigenvalue weighted by molar-refractivity contribution is 5.81. The fourth-order valence-corrected chi connectivity index (χ4v) is 2.84.